The average molecular weight is 411 g/mol. The van der Waals surface area contributed by atoms with Crippen molar-refractivity contribution < 1.29 is 28.2 Å². The summed E-state index contributed by atoms with van der Waals surface area (Å²) in [6, 6.07) is 13.4. The van der Waals surface area contributed by atoms with Gasteiger partial charge >= 0.3 is 11.9 Å². The Labute approximate surface area is 174 Å². The molecule has 156 valence electrons. The van der Waals surface area contributed by atoms with E-state index in [1.807, 2.05) is 24.3 Å². The van der Waals surface area contributed by atoms with E-state index in [1.54, 1.807) is 36.5 Å². The second kappa shape index (κ2) is 9.26. The highest BCUT2D eigenvalue weighted by molar-refractivity contribution is 5.98. The molecule has 6 nitrogen and oxygen atoms in total. The number of benzene rings is 2. The van der Waals surface area contributed by atoms with Crippen LogP contribution < -0.4 is 4.74 Å². The number of rotatable bonds is 6. The average Bonchev–Trinajstić information content (AvgIpc) is 2.78. The van der Waals surface area contributed by atoms with Gasteiger partial charge in [-0.3, -0.25) is 0 Å². The van der Waals surface area contributed by atoms with Crippen LogP contribution in [0.1, 0.15) is 17.0 Å². The zero-order chi connectivity index (χ0) is 21.7. The van der Waals surface area contributed by atoms with Gasteiger partial charge in [0, 0.05) is 24.5 Å². The number of ether oxygens (including phenoxy) is 3. The highest BCUT2D eigenvalue weighted by Crippen LogP contribution is 2.38. The van der Waals surface area contributed by atoms with Crippen LogP contribution in [0.3, 0.4) is 0 Å². The lowest BCUT2D eigenvalue weighted by molar-refractivity contribution is -0.137. The summed E-state index contributed by atoms with van der Waals surface area (Å²) in [5, 5.41) is 0. The molecule has 0 atom stereocenters. The van der Waals surface area contributed by atoms with Gasteiger partial charge in [0.25, 0.3) is 0 Å². The number of esters is 2. The highest BCUT2D eigenvalue weighted by Gasteiger charge is 2.36. The summed E-state index contributed by atoms with van der Waals surface area (Å²) in [4.78, 5) is 26.8. The van der Waals surface area contributed by atoms with Gasteiger partial charge in [-0.15, -0.1) is 0 Å². The Balaban J connectivity index is 2.06. The third-order valence-corrected chi connectivity index (χ3v) is 4.81. The fraction of sp³-hybridized carbons (Fsp3) is 0.217. The Kier molecular flexibility index (Phi) is 6.51. The van der Waals surface area contributed by atoms with Crippen molar-refractivity contribution in [2.45, 2.75) is 12.5 Å². The first-order valence-corrected chi connectivity index (χ1v) is 9.21. The Morgan fingerprint density at radius 2 is 1.47 bits per heavy atom. The number of hydrogen-bond donors (Lipinski definition) is 0. The first-order valence-electron chi connectivity index (χ1n) is 9.21. The zero-order valence-electron chi connectivity index (χ0n) is 16.9. The summed E-state index contributed by atoms with van der Waals surface area (Å²) in [7, 11) is 4.07. The first kappa shape index (κ1) is 21.1. The molecule has 0 bridgehead atoms. The van der Waals surface area contributed by atoms with Crippen molar-refractivity contribution in [2.24, 2.45) is 0 Å². The van der Waals surface area contributed by atoms with E-state index < -0.39 is 23.7 Å². The Bertz CT molecular complexity index is 963. The van der Waals surface area contributed by atoms with Crippen molar-refractivity contribution in [3.8, 4) is 5.75 Å². The lowest BCUT2D eigenvalue weighted by Gasteiger charge is -2.30. The van der Waals surface area contributed by atoms with Crippen LogP contribution in [-0.2, 0) is 25.6 Å². The summed E-state index contributed by atoms with van der Waals surface area (Å²) in [5.41, 5.74) is 1.38. The van der Waals surface area contributed by atoms with Crippen LogP contribution >= 0.6 is 0 Å². The van der Waals surface area contributed by atoms with Gasteiger partial charge in [-0.1, -0.05) is 30.3 Å². The van der Waals surface area contributed by atoms with Crippen molar-refractivity contribution in [1.82, 2.24) is 4.90 Å². The van der Waals surface area contributed by atoms with E-state index in [0.717, 1.165) is 5.56 Å². The van der Waals surface area contributed by atoms with Crippen LogP contribution in [0.5, 0.6) is 5.75 Å². The predicted octanol–water partition coefficient (Wildman–Crippen LogP) is 3.55. The maximum Gasteiger partial charge on any atom is 0.336 e. The highest BCUT2D eigenvalue weighted by atomic mass is 19.1. The molecular formula is C23H22FNO5. The van der Waals surface area contributed by atoms with E-state index in [0.29, 0.717) is 12.3 Å². The van der Waals surface area contributed by atoms with Crippen molar-refractivity contribution in [2.75, 3.05) is 21.3 Å². The maximum atomic E-state index is 14.6. The lowest BCUT2D eigenvalue weighted by atomic mass is 9.83. The normalized spacial score (nSPS) is 13.9. The number of halogens is 1. The maximum absolute atomic E-state index is 14.6. The molecule has 3 rings (SSSR count). The Morgan fingerprint density at radius 1 is 0.900 bits per heavy atom. The van der Waals surface area contributed by atoms with Gasteiger partial charge in [0.15, 0.2) is 0 Å². The van der Waals surface area contributed by atoms with Crippen LogP contribution in [0.15, 0.2) is 72.1 Å². The molecule has 7 heteroatoms. The van der Waals surface area contributed by atoms with Gasteiger partial charge < -0.3 is 19.1 Å². The third-order valence-electron chi connectivity index (χ3n) is 4.81. The predicted molar refractivity (Wildman–Crippen MR) is 108 cm³/mol. The second-order valence-corrected chi connectivity index (χ2v) is 6.63. The minimum Gasteiger partial charge on any atom is -0.497 e. The van der Waals surface area contributed by atoms with Gasteiger partial charge in [-0.05, 0) is 23.8 Å². The molecule has 2 aromatic rings. The molecule has 0 unspecified atom stereocenters. The first-order chi connectivity index (χ1) is 14.5. The molecule has 0 amide bonds. The molecule has 0 aromatic heterocycles. The zero-order valence-corrected chi connectivity index (χ0v) is 16.9. The minimum atomic E-state index is -0.946. The number of carbonyl (C=O) groups is 2. The SMILES string of the molecule is COC(=O)C1=CN(Cc2ccc(OC)cc2)C=C(C(=O)OC)C1c1ccccc1F. The third kappa shape index (κ3) is 4.35. The fourth-order valence-electron chi connectivity index (χ4n) is 3.37. The molecule has 0 saturated carbocycles. The van der Waals surface area contributed by atoms with Crippen LogP contribution in [0, 0.1) is 5.82 Å². The van der Waals surface area contributed by atoms with Gasteiger partial charge in [-0.2, -0.15) is 0 Å². The fourth-order valence-corrected chi connectivity index (χ4v) is 3.37. The number of hydrogen-bond acceptors (Lipinski definition) is 6. The molecule has 0 N–H and O–H groups in total. The Morgan fingerprint density at radius 3 is 1.97 bits per heavy atom. The molecular weight excluding hydrogens is 389 g/mol. The van der Waals surface area contributed by atoms with E-state index in [9.17, 15) is 14.0 Å². The van der Waals surface area contributed by atoms with Crippen molar-refractivity contribution in [3.63, 3.8) is 0 Å². The van der Waals surface area contributed by atoms with E-state index >= 15 is 0 Å². The van der Waals surface area contributed by atoms with Gasteiger partial charge in [0.05, 0.1) is 38.4 Å². The van der Waals surface area contributed by atoms with E-state index in [4.69, 9.17) is 14.2 Å². The van der Waals surface area contributed by atoms with E-state index in [-0.39, 0.29) is 16.7 Å². The van der Waals surface area contributed by atoms with Crippen LogP contribution in [0.2, 0.25) is 0 Å². The van der Waals surface area contributed by atoms with Crippen molar-refractivity contribution in [3.05, 3.63) is 89.0 Å². The molecule has 0 saturated heterocycles. The van der Waals surface area contributed by atoms with E-state index in [2.05, 4.69) is 0 Å². The summed E-state index contributed by atoms with van der Waals surface area (Å²) < 4.78 is 29.6. The molecule has 1 aliphatic rings. The molecule has 0 spiro atoms. The van der Waals surface area contributed by atoms with Gasteiger partial charge in [0.2, 0.25) is 0 Å². The monoisotopic (exact) mass is 411 g/mol. The standard InChI is InChI=1S/C23H22FNO5/c1-28-16-10-8-15(9-11-16)12-25-13-18(22(26)29-2)21(19(14-25)23(27)30-3)17-6-4-5-7-20(17)24/h4-11,13-14,21H,12H2,1-3H3. The van der Waals surface area contributed by atoms with Crippen molar-refractivity contribution >= 4 is 11.9 Å². The minimum absolute atomic E-state index is 0.138. The number of carbonyl (C=O) groups excluding carboxylic acids is 2. The molecule has 0 fully saturated rings. The van der Waals surface area contributed by atoms with Crippen LogP contribution in [0.4, 0.5) is 4.39 Å². The number of methoxy groups -OCH3 is 3. The molecule has 2 aromatic carbocycles. The summed E-state index contributed by atoms with van der Waals surface area (Å²) in [6.07, 6.45) is 3.14. The number of nitrogens with zero attached hydrogens (tertiary/aromatic N) is 1. The summed E-state index contributed by atoms with van der Waals surface area (Å²) in [6.45, 7) is 0.370. The Hall–Kier alpha value is -3.61. The van der Waals surface area contributed by atoms with Crippen molar-refractivity contribution in [1.29, 1.82) is 0 Å². The molecule has 0 radical (unpaired) electrons. The second-order valence-electron chi connectivity index (χ2n) is 6.63. The largest absolute Gasteiger partial charge is 0.497 e. The molecule has 30 heavy (non-hydrogen) atoms. The quantitative estimate of drug-likeness (QED) is 0.678. The van der Waals surface area contributed by atoms with Crippen LogP contribution in [-0.4, -0.2) is 38.2 Å². The molecule has 1 aliphatic heterocycles. The van der Waals surface area contributed by atoms with Gasteiger partial charge in [-0.25, -0.2) is 14.0 Å². The van der Waals surface area contributed by atoms with E-state index in [1.165, 1.54) is 26.4 Å². The summed E-state index contributed by atoms with van der Waals surface area (Å²) >= 11 is 0. The molecule has 0 aliphatic carbocycles. The summed E-state index contributed by atoms with van der Waals surface area (Å²) in [5.74, 6) is -2.07. The van der Waals surface area contributed by atoms with Crippen LogP contribution in [0.25, 0.3) is 0 Å². The lowest BCUT2D eigenvalue weighted by Crippen LogP contribution is -2.29. The van der Waals surface area contributed by atoms with Gasteiger partial charge in [0.1, 0.15) is 11.6 Å². The smallest absolute Gasteiger partial charge is 0.336 e. The topological polar surface area (TPSA) is 65.1 Å². The molecule has 1 heterocycles.